The topological polar surface area (TPSA) is 503 Å². The minimum absolute atomic E-state index is 0.0154. The molecule has 0 aromatic heterocycles. The lowest BCUT2D eigenvalue weighted by Gasteiger charge is -2.35. The van der Waals surface area contributed by atoms with Crippen molar-refractivity contribution in [3.8, 4) is 22.6 Å². The number of carbonyl (C=O) groups is 11. The van der Waals surface area contributed by atoms with Gasteiger partial charge >= 0.3 is 12.1 Å². The monoisotopic (exact) mass is 1930 g/mol. The third kappa shape index (κ3) is 25.6. The molecule has 0 spiro atoms. The first-order valence-corrected chi connectivity index (χ1v) is 49.8. The number of hydrogen-bond acceptors (Lipinski definition) is 21. The van der Waals surface area contributed by atoms with Crippen LogP contribution >= 0.6 is 0 Å². The number of nitrogens with one attached hydrogen (secondary N) is 13. The molecule has 5 heterocycles. The van der Waals surface area contributed by atoms with Crippen LogP contribution in [0.1, 0.15) is 198 Å². The molecule has 0 saturated carbocycles. The summed E-state index contributed by atoms with van der Waals surface area (Å²) in [5.41, 5.74) is 8.19. The highest BCUT2D eigenvalue weighted by Crippen LogP contribution is 2.47. The Balaban J connectivity index is 0.669. The predicted molar refractivity (Wildman–Crippen MR) is 512 cm³/mol. The zero-order chi connectivity index (χ0) is 99.3. The van der Waals surface area contributed by atoms with Gasteiger partial charge in [0.15, 0.2) is 0 Å². The minimum atomic E-state index is -4.34. The lowest BCUT2D eigenvalue weighted by molar-refractivity contribution is -0.148. The van der Waals surface area contributed by atoms with Gasteiger partial charge < -0.3 is 86.6 Å². The van der Waals surface area contributed by atoms with Crippen LogP contribution in [0, 0.1) is 52.4 Å². The molecular formula is C99H130N16O20S2. The summed E-state index contributed by atoms with van der Waals surface area (Å²) in [7, 11) is -8.63. The highest BCUT2D eigenvalue weighted by molar-refractivity contribution is 7.90. The number of carbonyl (C=O) groups excluding carboxylic acids is 10. The van der Waals surface area contributed by atoms with E-state index in [-0.39, 0.29) is 113 Å². The molecular weight excluding hydrogens is 1800 g/mol. The van der Waals surface area contributed by atoms with E-state index in [0.29, 0.717) is 101 Å². The van der Waals surface area contributed by atoms with E-state index in [4.69, 9.17) is 29.8 Å². The molecule has 6 aliphatic rings. The van der Waals surface area contributed by atoms with Gasteiger partial charge in [0, 0.05) is 51.5 Å². The standard InChI is InChI=1S/C99H130N16O20S2/c1-57-59(3)84(61(5)65-42-44-98(10,11)134-82(57)65)136(128,129)111-94(100)102-46-24-37-72(106-81(117)54-105-96(127)132-55-71-69-35-22-20-33-67(69)68-34-21-23-36-70(68)71)90(122)115-50-28-41-79(115)92(124)114-49-26-39-77(114)88(120)104-53-80(116)107-74(51-63-29-16-14-17-30-63)86(118)110-76(56-133-97(7,8)9)91(123)113-48-27-40-78(113)89(121)109-75(52-64-31-18-15-19-32-64)87(119)108-73(93(125)126)38-25-47-103-95(101)112-137(130,131)85-60(4)58(2)83-66(62(85)6)43-45-99(12,13)135-83/h14-23,29-36,71-79H,24-28,37-56H2,1-13H3,(H,104,120)(H,105,127)(H,106,117)(H,107,116)(H,108,119)(H,109,121)(H,110,118)(H,125,126)(H3,100,102,111)(H3,101,103,112)/t72-,73-,74-,75-,76-,77-,78-,79-/m0/s1. The summed E-state index contributed by atoms with van der Waals surface area (Å²) in [6.07, 6.45) is 2.56. The molecule has 8 atom stereocenters. The van der Waals surface area contributed by atoms with Crippen molar-refractivity contribution in [3.63, 3.8) is 0 Å². The summed E-state index contributed by atoms with van der Waals surface area (Å²) in [6.45, 7) is 21.7. The third-order valence-corrected chi connectivity index (χ3v) is 29.6. The molecule has 0 radical (unpaired) electrons. The Kier molecular flexibility index (Phi) is 33.3. The smallest absolute Gasteiger partial charge is 0.407 e. The maximum atomic E-state index is 15.2. The average molecular weight is 1930 g/mol. The number of likely N-dealkylation sites (tertiary alicyclic amines) is 3. The van der Waals surface area contributed by atoms with E-state index in [1.54, 1.807) is 123 Å². The summed E-state index contributed by atoms with van der Waals surface area (Å²) in [6, 6.07) is 22.1. The van der Waals surface area contributed by atoms with Crippen molar-refractivity contribution < 1.29 is 93.6 Å². The Morgan fingerprint density at radius 3 is 1.39 bits per heavy atom. The van der Waals surface area contributed by atoms with E-state index in [2.05, 4.69) is 57.3 Å². The van der Waals surface area contributed by atoms with Crippen LogP contribution in [0.2, 0.25) is 0 Å². The molecule has 3 fully saturated rings. The first-order valence-electron chi connectivity index (χ1n) is 46.9. The largest absolute Gasteiger partial charge is 0.487 e. The molecule has 6 aromatic carbocycles. The number of hydrogen-bond donors (Lipinski definition) is 14. The van der Waals surface area contributed by atoms with Crippen molar-refractivity contribution in [2.75, 3.05) is 59.0 Å². The second-order valence-electron chi connectivity index (χ2n) is 38.4. The van der Waals surface area contributed by atoms with Gasteiger partial charge in [-0.15, -0.1) is 0 Å². The van der Waals surface area contributed by atoms with Crippen molar-refractivity contribution in [2.24, 2.45) is 0 Å². The van der Waals surface area contributed by atoms with Gasteiger partial charge in [-0.3, -0.25) is 54.0 Å². The number of guanidine groups is 2. The zero-order valence-electron chi connectivity index (χ0n) is 80.1. The number of carboxylic acids is 1. The van der Waals surface area contributed by atoms with Crippen molar-refractivity contribution in [3.05, 3.63) is 176 Å². The quantitative estimate of drug-likeness (QED) is 0.0105. The van der Waals surface area contributed by atoms with Gasteiger partial charge in [0.05, 0.1) is 28.5 Å². The SMILES string of the molecule is Cc1c(C)c(S(=O)(=O)NC(=N)NCCC[C@H](NC(=O)[C@H](Cc2ccccc2)NC(=O)[C@@H]2CCCN2C(=O)[C@H](COC(C)(C)C)NC(=O)[C@H](Cc2ccccc2)NC(=O)CNC(=O)[C@@H]2CCCN2C(=O)[C@@H]2CCCN2C(=O)[C@H](CCCNC(=N)NS(=O)(=O)c2c(C)c(C)c3c(c2C)CCC(C)(C)O3)NC(=O)CNC(=O)OCC2c3ccccc3-c3ccccc32)C(=O)O)c(C)c2c1OC(C)(C)CC2. The third-order valence-electron chi connectivity index (χ3n) is 26.3. The number of fused-ring (bicyclic) bond motifs is 5. The van der Waals surface area contributed by atoms with Gasteiger partial charge in [-0.25, -0.2) is 35.9 Å². The molecule has 10 amide bonds. The second-order valence-corrected chi connectivity index (χ2v) is 41.6. The van der Waals surface area contributed by atoms with E-state index >= 15 is 14.4 Å². The number of carboxylic acid groups (broad SMARTS) is 1. The molecule has 38 heteroatoms. The Morgan fingerprint density at radius 2 is 0.905 bits per heavy atom. The predicted octanol–water partition coefficient (Wildman–Crippen LogP) is 7.05. The fourth-order valence-corrected chi connectivity index (χ4v) is 22.1. The van der Waals surface area contributed by atoms with Crippen molar-refractivity contribution in [2.45, 2.75) is 274 Å². The van der Waals surface area contributed by atoms with Gasteiger partial charge in [0.2, 0.25) is 65.1 Å². The van der Waals surface area contributed by atoms with Gasteiger partial charge in [-0.2, -0.15) is 0 Å². The number of rotatable bonds is 37. The summed E-state index contributed by atoms with van der Waals surface area (Å²) >= 11 is 0. The number of sulfonamides is 2. The van der Waals surface area contributed by atoms with Crippen molar-refractivity contribution >= 4 is 97.2 Å². The van der Waals surface area contributed by atoms with Crippen LogP contribution in [0.3, 0.4) is 0 Å². The minimum Gasteiger partial charge on any atom is -0.487 e. The van der Waals surface area contributed by atoms with Crippen molar-refractivity contribution in [1.82, 2.24) is 72.0 Å². The highest BCUT2D eigenvalue weighted by atomic mass is 32.2. The van der Waals surface area contributed by atoms with Gasteiger partial charge in [-0.05, 0) is 258 Å². The molecule has 0 bridgehead atoms. The lowest BCUT2D eigenvalue weighted by atomic mass is 9.88. The molecule has 36 nitrogen and oxygen atoms in total. The van der Waals surface area contributed by atoms with E-state index in [1.165, 1.54) is 14.7 Å². The van der Waals surface area contributed by atoms with Gasteiger partial charge in [0.1, 0.15) is 84.2 Å². The molecule has 3 saturated heterocycles. The molecule has 14 N–H and O–H groups in total. The van der Waals surface area contributed by atoms with Crippen LogP contribution in [0.5, 0.6) is 11.5 Å². The zero-order valence-corrected chi connectivity index (χ0v) is 81.8. The number of alkyl carbamates (subject to hydrolysis) is 1. The van der Waals surface area contributed by atoms with Crippen LogP contribution in [-0.4, -0.2) is 238 Å². The first-order chi connectivity index (χ1) is 64.8. The molecule has 12 rings (SSSR count). The summed E-state index contributed by atoms with van der Waals surface area (Å²) < 4.78 is 85.3. The molecule has 738 valence electrons. The number of ether oxygens (including phenoxy) is 4. The lowest BCUT2D eigenvalue weighted by Crippen LogP contribution is -2.60. The van der Waals surface area contributed by atoms with Crippen molar-refractivity contribution in [1.29, 1.82) is 10.8 Å². The maximum Gasteiger partial charge on any atom is 0.407 e. The van der Waals surface area contributed by atoms with Crippen LogP contribution in [0.25, 0.3) is 11.1 Å². The average Bonchev–Trinajstić information content (AvgIpc) is 1.61. The van der Waals surface area contributed by atoms with E-state index in [0.717, 1.165) is 33.4 Å². The Bertz CT molecular complexity index is 5790. The van der Waals surface area contributed by atoms with Crippen LogP contribution in [-0.2, 0) is 103 Å². The maximum absolute atomic E-state index is 15.2. The molecule has 6 aromatic rings. The molecule has 1 aliphatic carbocycles. The molecule has 5 aliphatic heterocycles. The van der Waals surface area contributed by atoms with Crippen LogP contribution in [0.4, 0.5) is 4.79 Å². The fraction of sp³-hybridized carbons (Fsp3) is 0.505. The van der Waals surface area contributed by atoms with Gasteiger partial charge in [0.25, 0.3) is 20.0 Å². The van der Waals surface area contributed by atoms with Crippen LogP contribution in [0.15, 0.2) is 119 Å². The first kappa shape index (κ1) is 103. The fourth-order valence-electron chi connectivity index (χ4n) is 19.0. The number of nitrogens with zero attached hydrogens (tertiary/aromatic N) is 3. The second kappa shape index (κ2) is 44.2. The normalized spacial score (nSPS) is 18.0. The number of amides is 10. The Labute approximate surface area is 800 Å². The number of benzene rings is 6. The van der Waals surface area contributed by atoms with Gasteiger partial charge in [-0.1, -0.05) is 109 Å². The summed E-state index contributed by atoms with van der Waals surface area (Å²) in [4.78, 5) is 162. The van der Waals surface area contributed by atoms with E-state index in [1.807, 2.05) is 76.2 Å². The Morgan fingerprint density at radius 1 is 0.489 bits per heavy atom. The van der Waals surface area contributed by atoms with E-state index < -0.39 is 182 Å². The molecule has 0 unspecified atom stereocenters. The molecule has 137 heavy (non-hydrogen) atoms. The summed E-state index contributed by atoms with van der Waals surface area (Å²) in [5.74, 6) is -8.36. The highest BCUT2D eigenvalue weighted by Gasteiger charge is 2.47. The Hall–Kier alpha value is -12.7. The number of aliphatic carboxylic acids is 1. The van der Waals surface area contributed by atoms with E-state index in [9.17, 15) is 60.3 Å². The summed E-state index contributed by atoms with van der Waals surface area (Å²) in [5, 5.41) is 51.9. The van der Waals surface area contributed by atoms with Crippen LogP contribution < -0.4 is 66.8 Å².